The molecule has 110 valence electrons. The van der Waals surface area contributed by atoms with E-state index in [4.69, 9.17) is 17.3 Å². The zero-order chi connectivity index (χ0) is 15.2. The molecule has 2 rings (SSSR count). The van der Waals surface area contributed by atoms with Gasteiger partial charge in [0.25, 0.3) is 0 Å². The van der Waals surface area contributed by atoms with E-state index in [1.807, 2.05) is 43.3 Å². The van der Waals surface area contributed by atoms with Crippen molar-refractivity contribution < 1.29 is 4.79 Å². The van der Waals surface area contributed by atoms with Crippen LogP contribution in [0.15, 0.2) is 42.5 Å². The van der Waals surface area contributed by atoms with E-state index in [0.717, 1.165) is 27.6 Å². The summed E-state index contributed by atoms with van der Waals surface area (Å²) in [7, 11) is 0. The van der Waals surface area contributed by atoms with Crippen LogP contribution in [0.1, 0.15) is 11.1 Å². The summed E-state index contributed by atoms with van der Waals surface area (Å²) in [6.07, 6.45) is 0. The number of carbonyl (C=O) groups excluding carboxylic acids is 1. The number of rotatable bonds is 5. The maximum atomic E-state index is 11.9. The molecule has 21 heavy (non-hydrogen) atoms. The molecular weight excluding hydrogens is 304 g/mol. The summed E-state index contributed by atoms with van der Waals surface area (Å²) in [5.41, 5.74) is 9.31. The highest BCUT2D eigenvalue weighted by Crippen LogP contribution is 2.19. The van der Waals surface area contributed by atoms with Crippen LogP contribution in [0.4, 0.5) is 11.4 Å². The number of carbonyl (C=O) groups is 1. The van der Waals surface area contributed by atoms with Gasteiger partial charge in [0.15, 0.2) is 0 Å². The van der Waals surface area contributed by atoms with Gasteiger partial charge in [-0.1, -0.05) is 23.7 Å². The van der Waals surface area contributed by atoms with Crippen molar-refractivity contribution in [2.75, 3.05) is 16.8 Å². The van der Waals surface area contributed by atoms with E-state index in [0.29, 0.717) is 11.4 Å². The van der Waals surface area contributed by atoms with Crippen LogP contribution < -0.4 is 11.1 Å². The molecule has 0 aliphatic carbocycles. The average molecular weight is 321 g/mol. The van der Waals surface area contributed by atoms with Gasteiger partial charge in [-0.15, -0.1) is 11.8 Å². The maximum absolute atomic E-state index is 11.9. The molecule has 0 bridgehead atoms. The third kappa shape index (κ3) is 4.99. The Morgan fingerprint density at radius 1 is 1.24 bits per heavy atom. The van der Waals surface area contributed by atoms with Crippen LogP contribution in [-0.4, -0.2) is 11.7 Å². The van der Waals surface area contributed by atoms with Crippen molar-refractivity contribution >= 4 is 40.6 Å². The van der Waals surface area contributed by atoms with Gasteiger partial charge in [-0.3, -0.25) is 4.79 Å². The molecule has 0 aliphatic rings. The van der Waals surface area contributed by atoms with Crippen molar-refractivity contribution in [3.8, 4) is 0 Å². The summed E-state index contributed by atoms with van der Waals surface area (Å²) >= 11 is 7.40. The Morgan fingerprint density at radius 2 is 1.95 bits per heavy atom. The van der Waals surface area contributed by atoms with Gasteiger partial charge in [0.1, 0.15) is 0 Å². The molecule has 5 heteroatoms. The van der Waals surface area contributed by atoms with Crippen molar-refractivity contribution in [3.63, 3.8) is 0 Å². The van der Waals surface area contributed by atoms with E-state index in [2.05, 4.69) is 5.32 Å². The summed E-state index contributed by atoms with van der Waals surface area (Å²) in [5.74, 6) is 1.18. The Bertz CT molecular complexity index is 629. The molecule has 0 atom stereocenters. The number of anilines is 2. The van der Waals surface area contributed by atoms with Crippen molar-refractivity contribution in [3.05, 3.63) is 58.6 Å². The van der Waals surface area contributed by atoms with E-state index in [1.54, 1.807) is 17.8 Å². The highest BCUT2D eigenvalue weighted by molar-refractivity contribution is 7.99. The normalized spacial score (nSPS) is 10.4. The van der Waals surface area contributed by atoms with Crippen LogP contribution in [0.3, 0.4) is 0 Å². The molecule has 0 unspecified atom stereocenters. The minimum Gasteiger partial charge on any atom is -0.399 e. The second-order valence-corrected chi connectivity index (χ2v) is 6.16. The molecule has 0 saturated carbocycles. The first-order valence-corrected chi connectivity index (χ1v) is 8.06. The molecule has 0 spiro atoms. The first-order chi connectivity index (χ1) is 10.0. The third-order valence-electron chi connectivity index (χ3n) is 2.94. The van der Waals surface area contributed by atoms with Crippen molar-refractivity contribution in [1.29, 1.82) is 0 Å². The van der Waals surface area contributed by atoms with Crippen LogP contribution in [0, 0.1) is 6.92 Å². The fraction of sp³-hybridized carbons (Fsp3) is 0.188. The number of amides is 1. The number of hydrogen-bond donors (Lipinski definition) is 2. The topological polar surface area (TPSA) is 55.1 Å². The van der Waals surface area contributed by atoms with Gasteiger partial charge in [-0.2, -0.15) is 0 Å². The number of nitrogens with one attached hydrogen (secondary N) is 1. The SMILES string of the molecule is Cc1cc(N)ccc1NC(=O)CSCc1ccc(Cl)cc1. The second-order valence-electron chi connectivity index (χ2n) is 4.74. The number of nitrogen functional groups attached to an aromatic ring is 1. The smallest absolute Gasteiger partial charge is 0.234 e. The Hall–Kier alpha value is -1.65. The van der Waals surface area contributed by atoms with Gasteiger partial charge in [-0.05, 0) is 48.4 Å². The second kappa shape index (κ2) is 7.38. The lowest BCUT2D eigenvalue weighted by Crippen LogP contribution is -2.15. The maximum Gasteiger partial charge on any atom is 0.234 e. The van der Waals surface area contributed by atoms with Crippen molar-refractivity contribution in [2.24, 2.45) is 0 Å². The van der Waals surface area contributed by atoms with Crippen LogP contribution in [0.5, 0.6) is 0 Å². The lowest BCUT2D eigenvalue weighted by molar-refractivity contribution is -0.113. The molecule has 1 amide bonds. The van der Waals surface area contributed by atoms with Gasteiger partial charge < -0.3 is 11.1 Å². The Balaban J connectivity index is 1.81. The summed E-state index contributed by atoms with van der Waals surface area (Å²) in [5, 5.41) is 3.62. The first-order valence-electron chi connectivity index (χ1n) is 6.53. The van der Waals surface area contributed by atoms with Crippen LogP contribution in [-0.2, 0) is 10.5 Å². The molecule has 0 fully saturated rings. The van der Waals surface area contributed by atoms with E-state index >= 15 is 0 Å². The molecule has 0 radical (unpaired) electrons. The summed E-state index contributed by atoms with van der Waals surface area (Å²) in [4.78, 5) is 11.9. The first kappa shape index (κ1) is 15.7. The van der Waals surface area contributed by atoms with Gasteiger partial charge in [0.2, 0.25) is 5.91 Å². The molecule has 3 nitrogen and oxygen atoms in total. The standard InChI is InChI=1S/C16H17ClN2OS/c1-11-8-14(18)6-7-15(11)19-16(20)10-21-9-12-2-4-13(17)5-3-12/h2-8H,9-10,18H2,1H3,(H,19,20). The predicted molar refractivity (Wildman–Crippen MR) is 91.8 cm³/mol. The van der Waals surface area contributed by atoms with Gasteiger partial charge in [0, 0.05) is 22.2 Å². The zero-order valence-corrected chi connectivity index (χ0v) is 13.3. The van der Waals surface area contributed by atoms with Crippen LogP contribution >= 0.6 is 23.4 Å². The number of halogens is 1. The number of aryl methyl sites for hydroxylation is 1. The number of nitrogens with two attached hydrogens (primary N) is 1. The highest BCUT2D eigenvalue weighted by Gasteiger charge is 2.05. The molecule has 0 heterocycles. The number of thioether (sulfide) groups is 1. The van der Waals surface area contributed by atoms with Gasteiger partial charge in [-0.25, -0.2) is 0 Å². The average Bonchev–Trinajstić information content (AvgIpc) is 2.44. The molecule has 0 aliphatic heterocycles. The summed E-state index contributed by atoms with van der Waals surface area (Å²) in [6.45, 7) is 1.92. The van der Waals surface area contributed by atoms with E-state index in [1.165, 1.54) is 0 Å². The van der Waals surface area contributed by atoms with E-state index < -0.39 is 0 Å². The summed E-state index contributed by atoms with van der Waals surface area (Å²) < 4.78 is 0. The van der Waals surface area contributed by atoms with Crippen molar-refractivity contribution in [1.82, 2.24) is 0 Å². The minimum absolute atomic E-state index is 0.0122. The van der Waals surface area contributed by atoms with Crippen LogP contribution in [0.2, 0.25) is 5.02 Å². The molecule has 3 N–H and O–H groups in total. The zero-order valence-electron chi connectivity index (χ0n) is 11.7. The summed E-state index contributed by atoms with van der Waals surface area (Å²) in [6, 6.07) is 13.1. The lowest BCUT2D eigenvalue weighted by atomic mass is 10.2. The van der Waals surface area contributed by atoms with E-state index in [9.17, 15) is 4.79 Å². The molecular formula is C16H17ClN2OS. The fourth-order valence-corrected chi connectivity index (χ4v) is 2.77. The molecule has 0 saturated heterocycles. The number of hydrogen-bond acceptors (Lipinski definition) is 3. The van der Waals surface area contributed by atoms with Crippen molar-refractivity contribution in [2.45, 2.75) is 12.7 Å². The molecule has 2 aromatic rings. The van der Waals surface area contributed by atoms with Gasteiger partial charge >= 0.3 is 0 Å². The quantitative estimate of drug-likeness (QED) is 0.815. The third-order valence-corrected chi connectivity index (χ3v) is 4.20. The molecule has 2 aromatic carbocycles. The van der Waals surface area contributed by atoms with Crippen LogP contribution in [0.25, 0.3) is 0 Å². The Kier molecular flexibility index (Phi) is 5.53. The molecule has 0 aromatic heterocycles. The van der Waals surface area contributed by atoms with Gasteiger partial charge in [0.05, 0.1) is 5.75 Å². The Labute approximate surface area is 133 Å². The lowest BCUT2D eigenvalue weighted by Gasteiger charge is -2.09. The monoisotopic (exact) mass is 320 g/mol. The fourth-order valence-electron chi connectivity index (χ4n) is 1.86. The number of benzene rings is 2. The van der Waals surface area contributed by atoms with E-state index in [-0.39, 0.29) is 5.91 Å². The minimum atomic E-state index is -0.0122. The Morgan fingerprint density at radius 3 is 2.62 bits per heavy atom. The predicted octanol–water partition coefficient (Wildman–Crippen LogP) is 4.10. The largest absolute Gasteiger partial charge is 0.399 e. The highest BCUT2D eigenvalue weighted by atomic mass is 35.5.